The van der Waals surface area contributed by atoms with Crippen molar-refractivity contribution < 1.29 is 4.39 Å². The van der Waals surface area contributed by atoms with Crippen molar-refractivity contribution in [2.75, 3.05) is 17.6 Å². The summed E-state index contributed by atoms with van der Waals surface area (Å²) in [5.41, 5.74) is 5.45. The van der Waals surface area contributed by atoms with Gasteiger partial charge in [0.15, 0.2) is 11.6 Å². The lowest BCUT2D eigenvalue weighted by molar-refractivity contribution is 0.426. The van der Waals surface area contributed by atoms with Crippen LogP contribution in [0.25, 0.3) is 0 Å². The molecule has 17 heavy (non-hydrogen) atoms. The van der Waals surface area contributed by atoms with E-state index in [4.69, 9.17) is 5.73 Å². The van der Waals surface area contributed by atoms with Crippen LogP contribution in [0.5, 0.6) is 0 Å². The van der Waals surface area contributed by atoms with Crippen LogP contribution in [-0.4, -0.2) is 16.5 Å². The number of hydrogen-bond donors (Lipinski definition) is 2. The third-order valence-corrected chi connectivity index (χ3v) is 3.72. The summed E-state index contributed by atoms with van der Waals surface area (Å²) in [7, 11) is 0. The van der Waals surface area contributed by atoms with Crippen molar-refractivity contribution in [3.8, 4) is 0 Å². The first-order chi connectivity index (χ1) is 8.24. The second-order valence-electron chi connectivity index (χ2n) is 5.14. The van der Waals surface area contributed by atoms with Crippen LogP contribution >= 0.6 is 0 Å². The van der Waals surface area contributed by atoms with E-state index in [1.165, 1.54) is 25.7 Å². The van der Waals surface area contributed by atoms with E-state index >= 15 is 0 Å². The molecule has 1 heterocycles. The van der Waals surface area contributed by atoms with Crippen molar-refractivity contribution in [2.45, 2.75) is 25.7 Å². The van der Waals surface area contributed by atoms with Crippen molar-refractivity contribution in [2.24, 2.45) is 17.8 Å². The lowest BCUT2D eigenvalue weighted by Crippen LogP contribution is -2.19. The number of nitrogens with one attached hydrogen (secondary N) is 1. The summed E-state index contributed by atoms with van der Waals surface area (Å²) in [6, 6.07) is 0. The average Bonchev–Trinajstić information content (AvgIpc) is 3.14. The highest BCUT2D eigenvalue weighted by Crippen LogP contribution is 2.49. The van der Waals surface area contributed by atoms with Gasteiger partial charge in [-0.05, 0) is 43.4 Å². The van der Waals surface area contributed by atoms with Gasteiger partial charge < -0.3 is 11.1 Å². The molecular weight excluding hydrogens is 219 g/mol. The summed E-state index contributed by atoms with van der Waals surface area (Å²) >= 11 is 0. The Morgan fingerprint density at radius 1 is 1.35 bits per heavy atom. The van der Waals surface area contributed by atoms with E-state index in [9.17, 15) is 4.39 Å². The highest BCUT2D eigenvalue weighted by atomic mass is 19.1. The zero-order valence-corrected chi connectivity index (χ0v) is 9.69. The highest BCUT2D eigenvalue weighted by Gasteiger charge is 2.41. The van der Waals surface area contributed by atoms with Gasteiger partial charge in [-0.3, -0.25) is 0 Å². The molecule has 2 aliphatic rings. The number of nitrogen functional groups attached to an aromatic ring is 1. The molecule has 4 nitrogen and oxygen atoms in total. The summed E-state index contributed by atoms with van der Waals surface area (Å²) in [6.45, 7) is 0.808. The predicted octanol–water partition coefficient (Wildman–Crippen LogP) is 2.05. The van der Waals surface area contributed by atoms with Gasteiger partial charge in [-0.2, -0.15) is 4.98 Å². The fraction of sp³-hybridized carbons (Fsp3) is 0.667. The standard InChI is InChI=1S/C12H17FN4/c13-10-6-16-12(14)17-11(10)15-5-9(7-1-2-7)8-3-4-8/h6-9H,1-5H2,(H3,14,15,16,17). The second-order valence-corrected chi connectivity index (χ2v) is 5.14. The van der Waals surface area contributed by atoms with Gasteiger partial charge in [0.2, 0.25) is 5.95 Å². The Labute approximate surface area is 99.8 Å². The first kappa shape index (κ1) is 10.7. The summed E-state index contributed by atoms with van der Waals surface area (Å²) in [5, 5.41) is 3.09. The minimum Gasteiger partial charge on any atom is -0.368 e. The molecule has 0 radical (unpaired) electrons. The predicted molar refractivity (Wildman–Crippen MR) is 63.8 cm³/mol. The zero-order chi connectivity index (χ0) is 11.8. The summed E-state index contributed by atoms with van der Waals surface area (Å²) in [5.74, 6) is 2.30. The van der Waals surface area contributed by atoms with E-state index in [1.807, 2.05) is 0 Å². The summed E-state index contributed by atoms with van der Waals surface area (Å²) in [4.78, 5) is 7.50. The third kappa shape index (κ3) is 2.48. The molecule has 3 rings (SSSR count). The van der Waals surface area contributed by atoms with E-state index in [0.717, 1.165) is 24.6 Å². The molecule has 0 atom stereocenters. The molecule has 0 unspecified atom stereocenters. The first-order valence-corrected chi connectivity index (χ1v) is 6.26. The zero-order valence-electron chi connectivity index (χ0n) is 9.69. The van der Waals surface area contributed by atoms with E-state index in [0.29, 0.717) is 5.92 Å². The third-order valence-electron chi connectivity index (χ3n) is 3.72. The normalized spacial score (nSPS) is 19.6. The quantitative estimate of drug-likeness (QED) is 0.821. The number of rotatable bonds is 5. The molecule has 92 valence electrons. The molecule has 0 spiro atoms. The number of halogens is 1. The molecule has 2 aliphatic carbocycles. The van der Waals surface area contributed by atoms with Crippen LogP contribution in [0.15, 0.2) is 6.20 Å². The van der Waals surface area contributed by atoms with Crippen LogP contribution in [0.4, 0.5) is 16.2 Å². The minimum atomic E-state index is -0.426. The van der Waals surface area contributed by atoms with Crippen molar-refractivity contribution in [3.63, 3.8) is 0 Å². The van der Waals surface area contributed by atoms with E-state index in [1.54, 1.807) is 0 Å². The lowest BCUT2D eigenvalue weighted by atomic mass is 9.98. The molecule has 1 aromatic heterocycles. The Morgan fingerprint density at radius 2 is 2.00 bits per heavy atom. The molecule has 0 amide bonds. The van der Waals surface area contributed by atoms with Crippen molar-refractivity contribution in [3.05, 3.63) is 12.0 Å². The Bertz CT molecular complexity index is 403. The molecule has 2 saturated carbocycles. The Kier molecular flexibility index (Phi) is 2.61. The second kappa shape index (κ2) is 4.13. The Hall–Kier alpha value is -1.39. The molecule has 5 heteroatoms. The van der Waals surface area contributed by atoms with Crippen molar-refractivity contribution >= 4 is 11.8 Å². The lowest BCUT2D eigenvalue weighted by Gasteiger charge is -2.16. The minimum absolute atomic E-state index is 0.114. The molecule has 0 saturated heterocycles. The van der Waals surface area contributed by atoms with E-state index in [2.05, 4.69) is 15.3 Å². The molecule has 1 aromatic rings. The Balaban J connectivity index is 1.63. The summed E-state index contributed by atoms with van der Waals surface area (Å²) < 4.78 is 13.4. The molecule has 0 aliphatic heterocycles. The SMILES string of the molecule is Nc1ncc(F)c(NCC(C2CC2)C2CC2)n1. The molecule has 0 aromatic carbocycles. The van der Waals surface area contributed by atoms with Gasteiger partial charge in [0.05, 0.1) is 6.20 Å². The van der Waals surface area contributed by atoms with Crippen LogP contribution in [0.2, 0.25) is 0 Å². The van der Waals surface area contributed by atoms with Crippen LogP contribution in [0.3, 0.4) is 0 Å². The van der Waals surface area contributed by atoms with Crippen LogP contribution in [0.1, 0.15) is 25.7 Å². The maximum absolute atomic E-state index is 13.4. The van der Waals surface area contributed by atoms with E-state index < -0.39 is 5.82 Å². The molecule has 0 bridgehead atoms. The van der Waals surface area contributed by atoms with Crippen LogP contribution in [-0.2, 0) is 0 Å². The molecular formula is C12H17FN4. The smallest absolute Gasteiger partial charge is 0.222 e. The van der Waals surface area contributed by atoms with Gasteiger partial charge in [-0.15, -0.1) is 0 Å². The monoisotopic (exact) mass is 236 g/mol. The summed E-state index contributed by atoms with van der Waals surface area (Å²) in [6.07, 6.45) is 6.44. The average molecular weight is 236 g/mol. The largest absolute Gasteiger partial charge is 0.368 e. The number of aromatic nitrogens is 2. The van der Waals surface area contributed by atoms with Crippen LogP contribution < -0.4 is 11.1 Å². The fourth-order valence-electron chi connectivity index (χ4n) is 2.49. The van der Waals surface area contributed by atoms with Crippen molar-refractivity contribution in [1.29, 1.82) is 0 Å². The van der Waals surface area contributed by atoms with Gasteiger partial charge in [-0.25, -0.2) is 9.37 Å². The molecule has 2 fully saturated rings. The Morgan fingerprint density at radius 3 is 2.59 bits per heavy atom. The first-order valence-electron chi connectivity index (χ1n) is 6.26. The molecule has 3 N–H and O–H groups in total. The van der Waals surface area contributed by atoms with Crippen molar-refractivity contribution in [1.82, 2.24) is 9.97 Å². The number of nitrogens with two attached hydrogens (primary N) is 1. The van der Waals surface area contributed by atoms with Gasteiger partial charge in [0.1, 0.15) is 0 Å². The fourth-order valence-corrected chi connectivity index (χ4v) is 2.49. The number of nitrogens with zero attached hydrogens (tertiary/aromatic N) is 2. The topological polar surface area (TPSA) is 63.8 Å². The number of hydrogen-bond acceptors (Lipinski definition) is 4. The van der Waals surface area contributed by atoms with Gasteiger partial charge in [0, 0.05) is 6.54 Å². The maximum Gasteiger partial charge on any atom is 0.222 e. The van der Waals surface area contributed by atoms with Gasteiger partial charge in [-0.1, -0.05) is 0 Å². The van der Waals surface area contributed by atoms with Gasteiger partial charge >= 0.3 is 0 Å². The maximum atomic E-state index is 13.4. The highest BCUT2D eigenvalue weighted by molar-refractivity contribution is 5.39. The van der Waals surface area contributed by atoms with E-state index in [-0.39, 0.29) is 11.8 Å². The van der Waals surface area contributed by atoms with Gasteiger partial charge in [0.25, 0.3) is 0 Å². The van der Waals surface area contributed by atoms with Crippen LogP contribution in [0, 0.1) is 23.6 Å². The number of anilines is 2.